The average molecular weight is 446 g/mol. The molecule has 10 heteroatoms. The molecule has 30 heavy (non-hydrogen) atoms. The highest BCUT2D eigenvalue weighted by atomic mass is 32.2. The van der Waals surface area contributed by atoms with Crippen LogP contribution in [0.3, 0.4) is 0 Å². The van der Waals surface area contributed by atoms with Crippen LogP contribution in [0.25, 0.3) is 0 Å². The van der Waals surface area contributed by atoms with E-state index in [2.05, 4.69) is 10.2 Å². The lowest BCUT2D eigenvalue weighted by molar-refractivity contribution is -0.0435. The zero-order chi connectivity index (χ0) is 21.9. The number of benzene rings is 2. The van der Waals surface area contributed by atoms with Crippen LogP contribution in [-0.2, 0) is 16.4 Å². The minimum atomic E-state index is -5.44. The van der Waals surface area contributed by atoms with Crippen molar-refractivity contribution in [1.29, 1.82) is 0 Å². The first-order valence-electron chi connectivity index (χ1n) is 9.33. The Hall–Kier alpha value is -2.33. The van der Waals surface area contributed by atoms with Crippen molar-refractivity contribution in [3.05, 3.63) is 53.8 Å². The summed E-state index contributed by atoms with van der Waals surface area (Å²) in [6, 6.07) is 9.65. The van der Waals surface area contributed by atoms with Gasteiger partial charge in [-0.2, -0.15) is 13.2 Å². The van der Waals surface area contributed by atoms with Crippen molar-refractivity contribution in [1.82, 2.24) is 4.90 Å². The fourth-order valence-electron chi connectivity index (χ4n) is 3.47. The van der Waals surface area contributed by atoms with Crippen molar-refractivity contribution in [3.63, 3.8) is 0 Å². The van der Waals surface area contributed by atoms with Crippen molar-refractivity contribution in [3.8, 4) is 5.75 Å². The number of hydrogen-bond acceptors (Lipinski definition) is 5. The normalized spacial score (nSPS) is 16.4. The van der Waals surface area contributed by atoms with Crippen LogP contribution in [0.15, 0.2) is 47.4 Å². The van der Waals surface area contributed by atoms with E-state index in [4.69, 9.17) is 4.74 Å². The Morgan fingerprint density at radius 2 is 1.80 bits per heavy atom. The van der Waals surface area contributed by atoms with Gasteiger partial charge in [-0.3, -0.25) is 4.90 Å². The van der Waals surface area contributed by atoms with Crippen LogP contribution in [0.2, 0.25) is 0 Å². The number of methoxy groups -OCH3 is 1. The smallest absolute Gasteiger partial charge is 0.494 e. The maximum absolute atomic E-state index is 13.8. The van der Waals surface area contributed by atoms with E-state index in [9.17, 15) is 26.0 Å². The highest BCUT2D eigenvalue weighted by molar-refractivity contribution is 7.92. The minimum Gasteiger partial charge on any atom is -0.494 e. The second kappa shape index (κ2) is 8.81. The molecule has 1 N–H and O–H groups in total. The summed E-state index contributed by atoms with van der Waals surface area (Å²) in [4.78, 5) is 1.34. The van der Waals surface area contributed by atoms with E-state index < -0.39 is 26.1 Å². The van der Waals surface area contributed by atoms with Crippen molar-refractivity contribution >= 4 is 15.5 Å². The molecule has 0 saturated carbocycles. The van der Waals surface area contributed by atoms with Gasteiger partial charge < -0.3 is 10.1 Å². The number of likely N-dealkylation sites (tertiary alicyclic amines) is 1. The van der Waals surface area contributed by atoms with Gasteiger partial charge in [0.05, 0.1) is 17.7 Å². The molecule has 1 saturated heterocycles. The first kappa shape index (κ1) is 22.4. The number of para-hydroxylation sites is 1. The highest BCUT2D eigenvalue weighted by Crippen LogP contribution is 2.35. The van der Waals surface area contributed by atoms with Crippen molar-refractivity contribution in [2.75, 3.05) is 25.5 Å². The van der Waals surface area contributed by atoms with E-state index >= 15 is 0 Å². The summed E-state index contributed by atoms with van der Waals surface area (Å²) in [6.45, 7) is 1.81. The zero-order valence-electron chi connectivity index (χ0n) is 16.2. The van der Waals surface area contributed by atoms with Crippen LogP contribution < -0.4 is 10.1 Å². The largest absolute Gasteiger partial charge is 0.501 e. The van der Waals surface area contributed by atoms with E-state index in [0.29, 0.717) is 32.5 Å². The molecule has 0 amide bonds. The highest BCUT2D eigenvalue weighted by Gasteiger charge is 2.48. The molecule has 0 atom stereocenters. The summed E-state index contributed by atoms with van der Waals surface area (Å²) in [5.41, 5.74) is -4.62. The maximum Gasteiger partial charge on any atom is 0.501 e. The molecule has 0 unspecified atom stereocenters. The Balaban J connectivity index is 1.63. The Bertz CT molecular complexity index is 988. The van der Waals surface area contributed by atoms with Gasteiger partial charge in [0.25, 0.3) is 9.84 Å². The lowest BCUT2D eigenvalue weighted by atomic mass is 10.0. The predicted molar refractivity (Wildman–Crippen MR) is 105 cm³/mol. The predicted octanol–water partition coefficient (Wildman–Crippen LogP) is 4.20. The number of nitrogens with one attached hydrogen (secondary N) is 1. The first-order valence-corrected chi connectivity index (χ1v) is 10.8. The quantitative estimate of drug-likeness (QED) is 0.674. The van der Waals surface area contributed by atoms with E-state index in [-0.39, 0.29) is 17.5 Å². The molecule has 0 radical (unpaired) electrons. The molecule has 2 aromatic carbocycles. The van der Waals surface area contributed by atoms with Crippen LogP contribution in [0.5, 0.6) is 5.75 Å². The summed E-state index contributed by atoms with van der Waals surface area (Å²) in [6.07, 6.45) is 1.22. The van der Waals surface area contributed by atoms with Gasteiger partial charge in [-0.15, -0.1) is 0 Å². The summed E-state index contributed by atoms with van der Waals surface area (Å²) in [7, 11) is -4.04. The molecule has 0 aliphatic carbocycles. The summed E-state index contributed by atoms with van der Waals surface area (Å²) < 4.78 is 81.3. The third-order valence-electron chi connectivity index (χ3n) is 5.05. The van der Waals surface area contributed by atoms with Gasteiger partial charge in [0, 0.05) is 25.7 Å². The molecule has 0 aromatic heterocycles. The number of ether oxygens (including phenoxy) is 1. The molecule has 164 valence electrons. The lowest BCUT2D eigenvalue weighted by Gasteiger charge is -2.33. The number of nitrogens with zero attached hydrogens (tertiary/aromatic N) is 1. The van der Waals surface area contributed by atoms with E-state index in [1.165, 1.54) is 31.4 Å². The van der Waals surface area contributed by atoms with Crippen LogP contribution >= 0.6 is 0 Å². The third-order valence-corrected chi connectivity index (χ3v) is 6.60. The SMILES string of the molecule is COc1ccc(CN2CCC(Nc3ccccc3S(=O)(=O)C(F)(F)F)CC2)cc1F. The number of alkyl halides is 3. The molecule has 5 nitrogen and oxygen atoms in total. The maximum atomic E-state index is 13.8. The Morgan fingerprint density at radius 3 is 2.40 bits per heavy atom. The summed E-state index contributed by atoms with van der Waals surface area (Å²) >= 11 is 0. The molecular formula is C20H22F4N2O3S. The fraction of sp³-hybridized carbons (Fsp3) is 0.400. The average Bonchev–Trinajstić information content (AvgIpc) is 2.69. The molecule has 3 rings (SSSR count). The number of hydrogen-bond donors (Lipinski definition) is 1. The molecule has 1 heterocycles. The standard InChI is InChI=1S/C20H22F4N2O3S/c1-29-18-7-6-14(12-16(18)21)13-26-10-8-15(9-11-26)25-17-4-2-3-5-19(17)30(27,28)20(22,23)24/h2-7,12,15,25H,8-11,13H2,1H3. The van der Waals surface area contributed by atoms with Crippen LogP contribution in [0.4, 0.5) is 23.2 Å². The van der Waals surface area contributed by atoms with Gasteiger partial charge in [0.15, 0.2) is 11.6 Å². The van der Waals surface area contributed by atoms with Gasteiger partial charge >= 0.3 is 5.51 Å². The fourth-order valence-corrected chi connectivity index (χ4v) is 4.39. The van der Waals surface area contributed by atoms with Gasteiger partial charge in [-0.25, -0.2) is 12.8 Å². The Kier molecular flexibility index (Phi) is 6.56. The van der Waals surface area contributed by atoms with E-state index in [1.54, 1.807) is 12.1 Å². The molecule has 1 aliphatic rings. The second-order valence-electron chi connectivity index (χ2n) is 7.11. The van der Waals surface area contributed by atoms with E-state index in [0.717, 1.165) is 11.6 Å². The number of halogens is 4. The van der Waals surface area contributed by atoms with Gasteiger partial charge in [0.2, 0.25) is 0 Å². The van der Waals surface area contributed by atoms with Crippen LogP contribution in [0, 0.1) is 5.82 Å². The second-order valence-corrected chi connectivity index (χ2v) is 9.02. The Labute approximate surface area is 172 Å². The number of rotatable bonds is 6. The lowest BCUT2D eigenvalue weighted by Crippen LogP contribution is -2.39. The van der Waals surface area contributed by atoms with Crippen molar-refractivity contribution in [2.45, 2.75) is 35.8 Å². The van der Waals surface area contributed by atoms with Crippen LogP contribution in [0.1, 0.15) is 18.4 Å². The van der Waals surface area contributed by atoms with Crippen molar-refractivity contribution in [2.24, 2.45) is 0 Å². The molecular weight excluding hydrogens is 424 g/mol. The molecule has 1 aliphatic heterocycles. The van der Waals surface area contributed by atoms with Gasteiger partial charge in [-0.05, 0) is 42.7 Å². The zero-order valence-corrected chi connectivity index (χ0v) is 17.1. The third kappa shape index (κ3) is 4.86. The van der Waals surface area contributed by atoms with Gasteiger partial charge in [0.1, 0.15) is 0 Å². The van der Waals surface area contributed by atoms with Gasteiger partial charge in [-0.1, -0.05) is 18.2 Å². The van der Waals surface area contributed by atoms with E-state index in [1.807, 2.05) is 0 Å². The topological polar surface area (TPSA) is 58.6 Å². The molecule has 0 bridgehead atoms. The minimum absolute atomic E-state index is 0.0505. The first-order chi connectivity index (χ1) is 14.1. The Morgan fingerprint density at radius 1 is 1.13 bits per heavy atom. The molecule has 0 spiro atoms. The van der Waals surface area contributed by atoms with Crippen molar-refractivity contribution < 1.29 is 30.7 Å². The molecule has 1 fully saturated rings. The molecule has 2 aromatic rings. The number of sulfone groups is 1. The summed E-state index contributed by atoms with van der Waals surface area (Å²) in [5.74, 6) is -0.261. The number of piperidine rings is 1. The summed E-state index contributed by atoms with van der Waals surface area (Å²) in [5, 5.41) is 2.95. The number of anilines is 1. The van der Waals surface area contributed by atoms with Crippen LogP contribution in [-0.4, -0.2) is 45.1 Å². The monoisotopic (exact) mass is 446 g/mol.